The van der Waals surface area contributed by atoms with Gasteiger partial charge in [0.25, 0.3) is 5.91 Å². The number of aromatic amines is 1. The molecule has 2 aromatic heterocycles. The molecule has 3 heterocycles. The predicted octanol–water partition coefficient (Wildman–Crippen LogP) is -0.566. The Balaban J connectivity index is 1.78. The third-order valence-corrected chi connectivity index (χ3v) is 17.8. The molecule has 0 saturated carbocycles. The SMILES string of the molecule is CCC(C)C(=O)c1nc(C(=O)NC(CC(C)C)C(=O)NC(CCC(=O)O)C(=O)NC(C(=O)NC2CCCCNC(=O)C(CC(N)=O)NC(=O)C(CC(=O)O)NC(=O)C(Cc3cnc[nH]3)NC(=O)C(Cc3ccccc3)NC(=O)C(C(C)CC)NC(=O)C(CCCN)NC2=O)C(C)CC)cs1. The molecule has 1 fully saturated rings. The summed E-state index contributed by atoms with van der Waals surface area (Å²) in [7, 11) is 0. The number of Topliss-reactive ketones (excluding diaryl/α,β-unsaturated/α-hetero) is 1. The van der Waals surface area contributed by atoms with E-state index >= 15 is 0 Å². The number of nitrogens with one attached hydrogen (secondary N) is 12. The number of benzene rings is 1. The number of aliphatic carboxylic acids is 2. The number of nitrogens with zero attached hydrogens (tertiary/aromatic N) is 2. The molecule has 550 valence electrons. The fourth-order valence-electron chi connectivity index (χ4n) is 10.5. The van der Waals surface area contributed by atoms with Crippen LogP contribution in [0.15, 0.2) is 48.2 Å². The van der Waals surface area contributed by atoms with Crippen molar-refractivity contribution in [2.45, 2.75) is 212 Å². The molecule has 13 unspecified atom stereocenters. The largest absolute Gasteiger partial charge is 0.481 e. The van der Waals surface area contributed by atoms with E-state index in [1.165, 1.54) is 17.9 Å². The molecular formula is C66H98N16O17S. The van der Waals surface area contributed by atoms with Crippen LogP contribution in [0.1, 0.15) is 170 Å². The minimum atomic E-state index is -1.95. The van der Waals surface area contributed by atoms with Crippen molar-refractivity contribution < 1.29 is 82.1 Å². The Morgan fingerprint density at radius 3 is 1.86 bits per heavy atom. The molecule has 33 nitrogen and oxygen atoms in total. The second-order valence-corrected chi connectivity index (χ2v) is 26.3. The van der Waals surface area contributed by atoms with Gasteiger partial charge in [-0.2, -0.15) is 0 Å². The van der Waals surface area contributed by atoms with E-state index in [1.54, 1.807) is 78.8 Å². The number of H-pyrrole nitrogens is 1. The second kappa shape index (κ2) is 41.6. The topological polar surface area (TPSA) is 522 Å². The minimum Gasteiger partial charge on any atom is -0.481 e. The highest BCUT2D eigenvalue weighted by atomic mass is 32.1. The highest BCUT2D eigenvalue weighted by Crippen LogP contribution is 2.19. The molecule has 0 radical (unpaired) electrons. The van der Waals surface area contributed by atoms with Crippen molar-refractivity contribution in [3.63, 3.8) is 0 Å². The van der Waals surface area contributed by atoms with Crippen molar-refractivity contribution in [1.29, 1.82) is 0 Å². The molecule has 3 aromatic rings. The van der Waals surface area contributed by atoms with Crippen LogP contribution in [-0.4, -0.2) is 187 Å². The Morgan fingerprint density at radius 2 is 1.27 bits per heavy atom. The maximum atomic E-state index is 14.9. The van der Waals surface area contributed by atoms with Crippen LogP contribution in [0.3, 0.4) is 0 Å². The van der Waals surface area contributed by atoms with Gasteiger partial charge in [0.1, 0.15) is 66.1 Å². The van der Waals surface area contributed by atoms with Gasteiger partial charge >= 0.3 is 11.9 Å². The molecule has 1 aromatic carbocycles. The van der Waals surface area contributed by atoms with E-state index in [0.717, 1.165) is 11.3 Å². The average Bonchev–Trinajstić information content (AvgIpc) is 1.37. The number of carboxylic acid groups (broad SMARTS) is 2. The first kappa shape index (κ1) is 82.7. The molecule has 1 aliphatic heterocycles. The first-order valence-corrected chi connectivity index (χ1v) is 34.5. The molecule has 13 atom stereocenters. The highest BCUT2D eigenvalue weighted by molar-refractivity contribution is 7.12. The van der Waals surface area contributed by atoms with Gasteiger partial charge in [0, 0.05) is 49.0 Å². The van der Waals surface area contributed by atoms with E-state index in [2.05, 4.69) is 73.4 Å². The number of imidazole rings is 1. The second-order valence-electron chi connectivity index (χ2n) is 25.4. The first-order chi connectivity index (χ1) is 47.4. The van der Waals surface area contributed by atoms with E-state index in [9.17, 15) is 82.1 Å². The van der Waals surface area contributed by atoms with Gasteiger partial charge < -0.3 is 85.1 Å². The number of carbonyl (C=O) groups is 15. The van der Waals surface area contributed by atoms with Crippen molar-refractivity contribution in [3.05, 3.63) is 70.2 Å². The fraction of sp³-hybridized carbons (Fsp3) is 0.591. The lowest BCUT2D eigenvalue weighted by atomic mass is 9.96. The maximum Gasteiger partial charge on any atom is 0.305 e. The van der Waals surface area contributed by atoms with Gasteiger partial charge in [0.15, 0.2) is 10.8 Å². The van der Waals surface area contributed by atoms with Gasteiger partial charge in [-0.3, -0.25) is 71.9 Å². The van der Waals surface area contributed by atoms with Crippen LogP contribution < -0.4 is 70.0 Å². The van der Waals surface area contributed by atoms with E-state index in [4.69, 9.17) is 11.5 Å². The van der Waals surface area contributed by atoms with Crippen LogP contribution >= 0.6 is 11.3 Å². The van der Waals surface area contributed by atoms with E-state index in [0.29, 0.717) is 12.0 Å². The smallest absolute Gasteiger partial charge is 0.305 e. The van der Waals surface area contributed by atoms with Crippen LogP contribution in [0.4, 0.5) is 0 Å². The zero-order chi connectivity index (χ0) is 74.3. The molecule has 18 N–H and O–H groups in total. The Morgan fingerprint density at radius 1 is 0.660 bits per heavy atom. The summed E-state index contributed by atoms with van der Waals surface area (Å²) < 4.78 is 0. The lowest BCUT2D eigenvalue weighted by molar-refractivity contribution is -0.142. The normalized spacial score (nSPS) is 21.3. The van der Waals surface area contributed by atoms with Crippen LogP contribution in [0, 0.1) is 23.7 Å². The van der Waals surface area contributed by atoms with Crippen molar-refractivity contribution >= 4 is 99.9 Å². The van der Waals surface area contributed by atoms with Crippen LogP contribution in [-0.2, 0) is 75.2 Å². The minimum absolute atomic E-state index is 0.00921. The van der Waals surface area contributed by atoms with Crippen LogP contribution in [0.5, 0.6) is 0 Å². The quantitative estimate of drug-likeness (QED) is 0.0359. The molecule has 34 heteroatoms. The van der Waals surface area contributed by atoms with Crippen molar-refractivity contribution in [3.8, 4) is 0 Å². The van der Waals surface area contributed by atoms with Crippen molar-refractivity contribution in [2.24, 2.45) is 35.1 Å². The van der Waals surface area contributed by atoms with Gasteiger partial charge in [-0.15, -0.1) is 11.3 Å². The summed E-state index contributed by atoms with van der Waals surface area (Å²) in [5, 5.41) is 49.6. The predicted molar refractivity (Wildman–Crippen MR) is 363 cm³/mol. The number of thiazole rings is 1. The summed E-state index contributed by atoms with van der Waals surface area (Å²) in [5.41, 5.74) is 12.1. The molecule has 0 aliphatic carbocycles. The van der Waals surface area contributed by atoms with E-state index in [-0.39, 0.29) is 111 Å². The van der Waals surface area contributed by atoms with Gasteiger partial charge in [0.2, 0.25) is 65.0 Å². The van der Waals surface area contributed by atoms with Crippen LogP contribution in [0.2, 0.25) is 0 Å². The number of hydrogen-bond donors (Lipinski definition) is 16. The standard InChI is InChI=1S/C66H98N16O17S/c1-9-35(6)52(82-58(92)42(22-23-50(84)85)73-59(93)43(26-34(4)5)75-63(97)48-32-100-66(80-48)54(88)37(8)11-3)64(98)74-40-20-15-16-25-70-55(89)46(29-49(68)83)77-62(96)47(30-51(86)87)78-61(95)45(28-39-31-69-33-71-39)76-60(94)44(27-38-18-13-12-14-19-38)79-65(99)53(36(7)10-2)81-57(91)41(21-17-24-67)72-56(40)90/h12-14,18-19,31-37,40-47,52-53H,9-11,15-17,20-30,67H2,1-8H3,(H2,68,83)(H,69,71)(H,70,89)(H,72,90)(H,73,93)(H,74,98)(H,75,97)(H,76,94)(H,77,96)(H,78,95)(H,79,99)(H,81,91)(H,82,92)(H,84,85)(H,86,87). The Labute approximate surface area is 583 Å². The van der Waals surface area contributed by atoms with Gasteiger partial charge in [-0.1, -0.05) is 98.6 Å². The lowest BCUT2D eigenvalue weighted by Crippen LogP contribution is -2.62. The van der Waals surface area contributed by atoms with Gasteiger partial charge in [0.05, 0.1) is 19.2 Å². The number of carboxylic acids is 2. The number of primary amides is 1. The first-order valence-electron chi connectivity index (χ1n) is 33.6. The number of aromatic nitrogens is 3. The van der Waals surface area contributed by atoms with Crippen molar-refractivity contribution in [2.75, 3.05) is 13.1 Å². The summed E-state index contributed by atoms with van der Waals surface area (Å²) in [6, 6.07) is -7.32. The summed E-state index contributed by atoms with van der Waals surface area (Å²) in [5.74, 6) is -16.9. The van der Waals surface area contributed by atoms with Gasteiger partial charge in [-0.05, 0) is 81.2 Å². The average molecular weight is 1420 g/mol. The van der Waals surface area contributed by atoms with Gasteiger partial charge in [-0.25, -0.2) is 9.97 Å². The number of amides is 12. The molecule has 1 aliphatic rings. The molecule has 12 amide bonds. The number of ketones is 1. The zero-order valence-corrected chi connectivity index (χ0v) is 58.5. The fourth-order valence-corrected chi connectivity index (χ4v) is 11.4. The van der Waals surface area contributed by atoms with E-state index < -0.39 is 181 Å². The third kappa shape index (κ3) is 27.2. The van der Waals surface area contributed by atoms with E-state index in [1.807, 2.05) is 6.92 Å². The zero-order valence-electron chi connectivity index (χ0n) is 57.7. The summed E-state index contributed by atoms with van der Waals surface area (Å²) in [4.78, 5) is 219. The molecule has 1 saturated heterocycles. The molecule has 100 heavy (non-hydrogen) atoms. The summed E-state index contributed by atoms with van der Waals surface area (Å²) in [6.45, 7) is 13.5. The maximum absolute atomic E-state index is 14.9. The van der Waals surface area contributed by atoms with Crippen LogP contribution in [0.25, 0.3) is 0 Å². The van der Waals surface area contributed by atoms with Crippen molar-refractivity contribution in [1.82, 2.24) is 73.4 Å². The molecule has 4 rings (SSSR count). The number of hydrogen-bond acceptors (Lipinski definition) is 19. The number of carbonyl (C=O) groups excluding carboxylic acids is 13. The Kier molecular flexibility index (Phi) is 34.4. The molecular weight excluding hydrogens is 1320 g/mol. The summed E-state index contributed by atoms with van der Waals surface area (Å²) >= 11 is 0.961. The number of rotatable bonds is 31. The summed E-state index contributed by atoms with van der Waals surface area (Å²) in [6.07, 6.45) is -0.129. The molecule has 0 spiro atoms. The monoisotopic (exact) mass is 1420 g/mol. The third-order valence-electron chi connectivity index (χ3n) is 17.0. The molecule has 0 bridgehead atoms. The highest BCUT2D eigenvalue weighted by Gasteiger charge is 2.39. The Bertz CT molecular complexity index is 3310. The Hall–Kier alpha value is -9.73. The number of nitrogens with two attached hydrogens (primary N) is 2. The lowest BCUT2D eigenvalue weighted by Gasteiger charge is -2.30.